The Morgan fingerprint density at radius 3 is 1.53 bits per heavy atom. The highest BCUT2D eigenvalue weighted by Crippen LogP contribution is 2.29. The first-order chi connectivity index (χ1) is 16.0. The van der Waals surface area contributed by atoms with Crippen molar-refractivity contribution >= 4 is 0 Å². The third-order valence-corrected chi connectivity index (χ3v) is 6.07. The van der Waals surface area contributed by atoms with Crippen molar-refractivity contribution in [2.45, 2.75) is 92.1 Å². The highest BCUT2D eigenvalue weighted by atomic mass is 16.7. The Morgan fingerprint density at radius 1 is 0.500 bits per heavy atom. The van der Waals surface area contributed by atoms with E-state index in [1.54, 1.807) is 0 Å². The van der Waals surface area contributed by atoms with Gasteiger partial charge in [-0.25, -0.2) is 0 Å². The minimum absolute atomic E-state index is 0.609. The summed E-state index contributed by atoms with van der Waals surface area (Å²) < 4.78 is 26.1. The van der Waals surface area contributed by atoms with Gasteiger partial charge in [-0.1, -0.05) is 0 Å². The van der Waals surface area contributed by atoms with Gasteiger partial charge in [-0.05, 0) is 0 Å². The normalized spacial score (nSPS) is 52.5. The molecule has 3 saturated heterocycles. The highest BCUT2D eigenvalue weighted by Gasteiger charge is 2.51. The summed E-state index contributed by atoms with van der Waals surface area (Å²) in [6, 6.07) is 0. The van der Waals surface area contributed by atoms with Crippen LogP contribution in [0.4, 0.5) is 0 Å². The second-order valence-electron chi connectivity index (χ2n) is 8.37. The molecule has 11 N–H and O–H groups in total. The quantitative estimate of drug-likeness (QED) is 0.154. The Hall–Kier alpha value is -0.640. The van der Waals surface area contributed by atoms with Crippen molar-refractivity contribution in [1.29, 1.82) is 0 Å². The molecule has 34 heavy (non-hydrogen) atoms. The average Bonchev–Trinajstić information content (AvgIpc) is 2.82. The molecule has 16 heteroatoms. The zero-order valence-electron chi connectivity index (χ0n) is 17.7. The second kappa shape index (κ2) is 11.6. The Bertz CT molecular complexity index is 637. The van der Waals surface area contributed by atoms with Gasteiger partial charge in [-0.3, -0.25) is 0 Å². The zero-order valence-corrected chi connectivity index (χ0v) is 17.7. The Labute approximate surface area is 192 Å². The molecule has 0 saturated carbocycles. The molecular weight excluding hydrogens is 472 g/mol. The first kappa shape index (κ1) is 27.9. The van der Waals surface area contributed by atoms with Crippen LogP contribution in [0.5, 0.6) is 0 Å². The van der Waals surface area contributed by atoms with Crippen molar-refractivity contribution in [1.82, 2.24) is 0 Å². The van der Waals surface area contributed by atoms with Crippen LogP contribution in [-0.4, -0.2) is 168 Å². The molecule has 3 heterocycles. The Morgan fingerprint density at radius 2 is 1.00 bits per heavy atom. The number of hydrogen-bond acceptors (Lipinski definition) is 16. The molecule has 16 nitrogen and oxygen atoms in total. The van der Waals surface area contributed by atoms with Gasteiger partial charge in [0.25, 0.3) is 0 Å². The third-order valence-electron chi connectivity index (χ3n) is 6.07. The van der Waals surface area contributed by atoms with Crippen molar-refractivity contribution in [3.05, 3.63) is 0 Å². The van der Waals surface area contributed by atoms with E-state index in [2.05, 4.69) is 0 Å². The fraction of sp³-hybridized carbons (Fsp3) is 1.00. The van der Waals surface area contributed by atoms with E-state index in [9.17, 15) is 56.2 Å². The lowest BCUT2D eigenvalue weighted by Crippen LogP contribution is -2.65. The predicted octanol–water partition coefficient (Wildman–Crippen LogP) is -7.57. The summed E-state index contributed by atoms with van der Waals surface area (Å²) in [6.07, 6.45) is -24.9. The lowest BCUT2D eigenvalue weighted by molar-refractivity contribution is -0.361. The van der Waals surface area contributed by atoms with Crippen LogP contribution in [-0.2, 0) is 23.7 Å². The summed E-state index contributed by atoms with van der Waals surface area (Å²) in [5, 5.41) is 109. The largest absolute Gasteiger partial charge is 0.394 e. The van der Waals surface area contributed by atoms with Crippen LogP contribution in [0, 0.1) is 0 Å². The molecule has 1 unspecified atom stereocenters. The number of rotatable bonds is 7. The van der Waals surface area contributed by atoms with E-state index in [0.717, 1.165) is 0 Å². The number of aliphatic hydroxyl groups excluding tert-OH is 11. The number of hydrogen-bond donors (Lipinski definition) is 11. The second-order valence-corrected chi connectivity index (χ2v) is 8.37. The molecule has 0 aromatic heterocycles. The van der Waals surface area contributed by atoms with Gasteiger partial charge in [0.15, 0.2) is 18.9 Å². The van der Waals surface area contributed by atoms with Gasteiger partial charge < -0.3 is 79.9 Å². The lowest BCUT2D eigenvalue weighted by Gasteiger charge is -2.45. The predicted molar refractivity (Wildman–Crippen MR) is 101 cm³/mol. The first-order valence-corrected chi connectivity index (χ1v) is 10.6. The fourth-order valence-corrected chi connectivity index (χ4v) is 3.94. The van der Waals surface area contributed by atoms with Gasteiger partial charge in [0.2, 0.25) is 0 Å². The first-order valence-electron chi connectivity index (χ1n) is 10.6. The summed E-state index contributed by atoms with van der Waals surface area (Å²) >= 11 is 0. The highest BCUT2D eigenvalue weighted by molar-refractivity contribution is 4.94. The van der Waals surface area contributed by atoms with Crippen LogP contribution < -0.4 is 0 Å². The zero-order chi connectivity index (χ0) is 25.3. The topological polar surface area (TPSA) is 269 Å². The van der Waals surface area contributed by atoms with Crippen LogP contribution in [0.3, 0.4) is 0 Å². The summed E-state index contributed by atoms with van der Waals surface area (Å²) in [5.41, 5.74) is 0. The Kier molecular flexibility index (Phi) is 9.54. The maximum Gasteiger partial charge on any atom is 0.187 e. The summed E-state index contributed by atoms with van der Waals surface area (Å²) in [5.74, 6) is 0. The van der Waals surface area contributed by atoms with Crippen LogP contribution in [0.15, 0.2) is 0 Å². The smallest absolute Gasteiger partial charge is 0.187 e. The van der Waals surface area contributed by atoms with Crippen molar-refractivity contribution in [2.24, 2.45) is 0 Å². The van der Waals surface area contributed by atoms with Gasteiger partial charge >= 0.3 is 0 Å². The lowest BCUT2D eigenvalue weighted by atomic mass is 9.97. The van der Waals surface area contributed by atoms with Crippen LogP contribution in [0.1, 0.15) is 0 Å². The van der Waals surface area contributed by atoms with E-state index in [4.69, 9.17) is 23.7 Å². The molecule has 3 aliphatic rings. The molecule has 0 aromatic carbocycles. The average molecular weight is 504 g/mol. The van der Waals surface area contributed by atoms with Crippen LogP contribution >= 0.6 is 0 Å². The van der Waals surface area contributed by atoms with Gasteiger partial charge in [-0.15, -0.1) is 0 Å². The maximum atomic E-state index is 10.6. The van der Waals surface area contributed by atoms with E-state index < -0.39 is 112 Å². The molecule has 0 spiro atoms. The molecule has 15 atom stereocenters. The van der Waals surface area contributed by atoms with Crippen LogP contribution in [0.2, 0.25) is 0 Å². The van der Waals surface area contributed by atoms with Gasteiger partial charge in [-0.2, -0.15) is 0 Å². The standard InChI is InChI=1S/C18H32O16/c19-1-4-7(21)10(24)12(26)17(32-4)30-3-6-9(23)15(14(28)16(29)31-6)34-18-13(27)11(25)8(22)5(2-20)33-18/h4-29H,1-3H2/t4-,5-,6-,7-,8-,9-,10+,11+,12-,13+,14+,15+,16?,17+,18-/m1/s1. The maximum absolute atomic E-state index is 10.6. The molecule has 0 aliphatic carbocycles. The molecule has 0 radical (unpaired) electrons. The minimum Gasteiger partial charge on any atom is -0.394 e. The van der Waals surface area contributed by atoms with E-state index in [1.807, 2.05) is 0 Å². The summed E-state index contributed by atoms with van der Waals surface area (Å²) in [6.45, 7) is -2.06. The van der Waals surface area contributed by atoms with Crippen molar-refractivity contribution in [3.8, 4) is 0 Å². The molecule has 3 fully saturated rings. The third kappa shape index (κ3) is 5.52. The monoisotopic (exact) mass is 504 g/mol. The van der Waals surface area contributed by atoms with Crippen molar-refractivity contribution in [3.63, 3.8) is 0 Å². The summed E-state index contributed by atoms with van der Waals surface area (Å²) in [7, 11) is 0. The van der Waals surface area contributed by atoms with Gasteiger partial charge in [0.05, 0.1) is 19.8 Å². The molecule has 200 valence electrons. The molecule has 0 amide bonds. The van der Waals surface area contributed by atoms with Crippen LogP contribution in [0.25, 0.3) is 0 Å². The number of aliphatic hydroxyl groups is 11. The molecule has 0 aromatic rings. The molecule has 3 rings (SSSR count). The fourth-order valence-electron chi connectivity index (χ4n) is 3.94. The van der Waals surface area contributed by atoms with E-state index in [-0.39, 0.29) is 0 Å². The van der Waals surface area contributed by atoms with E-state index in [0.29, 0.717) is 0 Å². The van der Waals surface area contributed by atoms with E-state index >= 15 is 0 Å². The molecule has 0 bridgehead atoms. The minimum atomic E-state index is -1.93. The van der Waals surface area contributed by atoms with Crippen molar-refractivity contribution in [2.75, 3.05) is 19.8 Å². The SMILES string of the molecule is OC[C@H]1O[C@H](O[C@H]2[C@H](O)[C@@H](CO[C@H]3O[C@H](CO)[C@@H](O)[C@H](O)[C@H]3O)OC(O)[C@H]2O)[C@@H](O)[C@@H](O)[C@@H]1O. The Balaban J connectivity index is 1.65. The van der Waals surface area contributed by atoms with Gasteiger partial charge in [0.1, 0.15) is 73.2 Å². The van der Waals surface area contributed by atoms with E-state index in [1.165, 1.54) is 0 Å². The number of ether oxygens (including phenoxy) is 5. The molecule has 3 aliphatic heterocycles. The molecular formula is C18H32O16. The van der Waals surface area contributed by atoms with Crippen molar-refractivity contribution < 1.29 is 79.9 Å². The van der Waals surface area contributed by atoms with Gasteiger partial charge in [0, 0.05) is 0 Å². The summed E-state index contributed by atoms with van der Waals surface area (Å²) in [4.78, 5) is 0.